The zero-order chi connectivity index (χ0) is 21.5. The predicted octanol–water partition coefficient (Wildman–Crippen LogP) is 9.01. The van der Waals surface area contributed by atoms with Gasteiger partial charge in [-0.15, -0.1) is 0 Å². The highest BCUT2D eigenvalue weighted by Gasteiger charge is 2.22. The van der Waals surface area contributed by atoms with Crippen LogP contribution < -0.4 is 10.1 Å². The first kappa shape index (κ1) is 25.6. The predicted molar refractivity (Wildman–Crippen MR) is 131 cm³/mol. The highest BCUT2D eigenvalue weighted by atomic mass is 16.5. The molecule has 0 amide bonds. The summed E-state index contributed by atoms with van der Waals surface area (Å²) in [5, 5.41) is 3.50. The van der Waals surface area contributed by atoms with Gasteiger partial charge in [0.05, 0.1) is 12.1 Å². The van der Waals surface area contributed by atoms with Crippen molar-refractivity contribution in [2.45, 2.75) is 118 Å². The van der Waals surface area contributed by atoms with Crippen LogP contribution in [0.1, 0.15) is 118 Å². The van der Waals surface area contributed by atoms with Crippen molar-refractivity contribution in [2.24, 2.45) is 0 Å². The van der Waals surface area contributed by atoms with Crippen LogP contribution in [0.4, 0.5) is 5.69 Å². The van der Waals surface area contributed by atoms with Crippen LogP contribution in [0.15, 0.2) is 24.3 Å². The average molecular weight is 402 g/mol. The number of fused-ring (bicyclic) bond motifs is 1. The molecule has 166 valence electrons. The Morgan fingerprint density at radius 2 is 1.31 bits per heavy atom. The maximum atomic E-state index is 5.52. The molecule has 2 heteroatoms. The third-order valence-corrected chi connectivity index (χ3v) is 5.47. The Balaban J connectivity index is 0.000000298. The summed E-state index contributed by atoms with van der Waals surface area (Å²) in [5.74, 6) is 0.940. The van der Waals surface area contributed by atoms with E-state index in [1.54, 1.807) is 0 Å². The Hall–Kier alpha value is -1.44. The van der Waals surface area contributed by atoms with Gasteiger partial charge in [0.1, 0.15) is 5.75 Å². The second kappa shape index (κ2) is 14.5. The summed E-state index contributed by atoms with van der Waals surface area (Å²) in [7, 11) is 0. The fraction of sp³-hybridized carbons (Fsp3) is 0.704. The smallest absolute Gasteiger partial charge is 0.120 e. The Morgan fingerprint density at radius 1 is 0.793 bits per heavy atom. The summed E-state index contributed by atoms with van der Waals surface area (Å²) in [5.41, 5.74) is 3.77. The molecule has 1 aliphatic heterocycles. The molecule has 0 saturated carbocycles. The van der Waals surface area contributed by atoms with E-state index >= 15 is 0 Å². The molecule has 0 aliphatic carbocycles. The average Bonchev–Trinajstić information content (AvgIpc) is 2.67. The summed E-state index contributed by atoms with van der Waals surface area (Å²) in [6, 6.07) is 6.22. The molecule has 1 aliphatic rings. The zero-order valence-electron chi connectivity index (χ0n) is 20.2. The fourth-order valence-electron chi connectivity index (χ4n) is 3.95. The van der Waals surface area contributed by atoms with Crippen molar-refractivity contribution >= 4 is 11.3 Å². The first-order valence-corrected chi connectivity index (χ1v) is 12.2. The second-order valence-electron chi connectivity index (χ2n) is 9.00. The highest BCUT2D eigenvalue weighted by molar-refractivity contribution is 5.80. The summed E-state index contributed by atoms with van der Waals surface area (Å²) in [4.78, 5) is 0. The van der Waals surface area contributed by atoms with Crippen LogP contribution in [0, 0.1) is 0 Å². The SMILES string of the molecule is CCCCCCCCCCCCC.CCOc1ccc2c(c1)C(C)=CC(C)(C)N2. The van der Waals surface area contributed by atoms with Gasteiger partial charge >= 0.3 is 0 Å². The Labute approximate surface area is 181 Å². The molecule has 0 atom stereocenters. The lowest BCUT2D eigenvalue weighted by atomic mass is 9.91. The van der Waals surface area contributed by atoms with E-state index in [2.05, 4.69) is 58.1 Å². The first-order chi connectivity index (χ1) is 13.9. The van der Waals surface area contributed by atoms with Crippen LogP contribution in [-0.2, 0) is 0 Å². The summed E-state index contributed by atoms with van der Waals surface area (Å²) < 4.78 is 5.52. The van der Waals surface area contributed by atoms with Crippen molar-refractivity contribution in [3.8, 4) is 5.75 Å². The minimum Gasteiger partial charge on any atom is -0.494 e. The van der Waals surface area contributed by atoms with Gasteiger partial charge in [-0.25, -0.2) is 0 Å². The topological polar surface area (TPSA) is 21.3 Å². The number of hydrogen-bond donors (Lipinski definition) is 1. The number of unbranched alkanes of at least 4 members (excludes halogenated alkanes) is 10. The molecule has 0 spiro atoms. The lowest BCUT2D eigenvalue weighted by Gasteiger charge is -2.31. The van der Waals surface area contributed by atoms with E-state index in [0.29, 0.717) is 6.61 Å². The van der Waals surface area contributed by atoms with Crippen molar-refractivity contribution in [1.82, 2.24) is 0 Å². The molecule has 1 heterocycles. The second-order valence-corrected chi connectivity index (χ2v) is 9.00. The lowest BCUT2D eigenvalue weighted by Crippen LogP contribution is -2.31. The van der Waals surface area contributed by atoms with E-state index in [1.165, 1.54) is 87.5 Å². The molecule has 0 aromatic heterocycles. The molecule has 0 unspecified atom stereocenters. The molecular formula is C27H47NO. The van der Waals surface area contributed by atoms with Crippen LogP contribution in [-0.4, -0.2) is 12.1 Å². The van der Waals surface area contributed by atoms with Crippen molar-refractivity contribution < 1.29 is 4.74 Å². The van der Waals surface area contributed by atoms with E-state index in [1.807, 2.05) is 13.0 Å². The van der Waals surface area contributed by atoms with Gasteiger partial charge in [0.15, 0.2) is 0 Å². The van der Waals surface area contributed by atoms with Crippen LogP contribution in [0.3, 0.4) is 0 Å². The number of benzene rings is 1. The Morgan fingerprint density at radius 3 is 1.79 bits per heavy atom. The quantitative estimate of drug-likeness (QED) is 0.353. The fourth-order valence-corrected chi connectivity index (χ4v) is 3.95. The molecular weight excluding hydrogens is 354 g/mol. The summed E-state index contributed by atoms with van der Waals surface area (Å²) in [6.45, 7) is 13.8. The first-order valence-electron chi connectivity index (χ1n) is 12.2. The third-order valence-electron chi connectivity index (χ3n) is 5.47. The minimum absolute atomic E-state index is 0.0320. The van der Waals surface area contributed by atoms with Crippen LogP contribution >= 0.6 is 0 Å². The third kappa shape index (κ3) is 10.8. The lowest BCUT2D eigenvalue weighted by molar-refractivity contribution is 0.340. The van der Waals surface area contributed by atoms with Crippen LogP contribution in [0.25, 0.3) is 5.57 Å². The van der Waals surface area contributed by atoms with E-state index < -0.39 is 0 Å². The molecule has 0 bridgehead atoms. The number of rotatable bonds is 12. The highest BCUT2D eigenvalue weighted by Crippen LogP contribution is 2.35. The largest absolute Gasteiger partial charge is 0.494 e. The molecule has 1 aromatic rings. The van der Waals surface area contributed by atoms with E-state index in [0.717, 1.165) is 5.75 Å². The van der Waals surface area contributed by atoms with Crippen molar-refractivity contribution in [3.63, 3.8) is 0 Å². The van der Waals surface area contributed by atoms with Crippen molar-refractivity contribution in [2.75, 3.05) is 11.9 Å². The molecule has 29 heavy (non-hydrogen) atoms. The molecule has 1 aromatic carbocycles. The van der Waals surface area contributed by atoms with E-state index in [4.69, 9.17) is 4.74 Å². The number of allylic oxidation sites excluding steroid dienone is 1. The zero-order valence-corrected chi connectivity index (χ0v) is 20.2. The summed E-state index contributed by atoms with van der Waals surface area (Å²) >= 11 is 0. The normalized spacial score (nSPS) is 14.2. The van der Waals surface area contributed by atoms with Gasteiger partial charge in [-0.1, -0.05) is 90.6 Å². The van der Waals surface area contributed by atoms with Crippen molar-refractivity contribution in [1.29, 1.82) is 0 Å². The van der Waals surface area contributed by atoms with Gasteiger partial charge in [-0.2, -0.15) is 0 Å². The van der Waals surface area contributed by atoms with Gasteiger partial charge in [0.2, 0.25) is 0 Å². The van der Waals surface area contributed by atoms with Gasteiger partial charge in [-0.3, -0.25) is 0 Å². The Kier molecular flexibility index (Phi) is 12.8. The van der Waals surface area contributed by atoms with Crippen LogP contribution in [0.5, 0.6) is 5.75 Å². The Bertz CT molecular complexity index is 578. The molecule has 1 N–H and O–H groups in total. The summed E-state index contributed by atoms with van der Waals surface area (Å²) in [6.07, 6.45) is 18.2. The molecule has 0 radical (unpaired) electrons. The standard InChI is InChI=1S/C14H19NO.C13H28/c1-5-16-11-6-7-13-12(8-11)10(2)9-14(3,4)15-13;1-3-5-7-9-11-13-12-10-8-6-4-2/h6-9,15H,5H2,1-4H3;3-13H2,1-2H3. The van der Waals surface area contributed by atoms with Gasteiger partial charge < -0.3 is 10.1 Å². The number of hydrogen-bond acceptors (Lipinski definition) is 2. The van der Waals surface area contributed by atoms with Crippen LogP contribution in [0.2, 0.25) is 0 Å². The van der Waals surface area contributed by atoms with E-state index in [9.17, 15) is 0 Å². The monoisotopic (exact) mass is 401 g/mol. The maximum Gasteiger partial charge on any atom is 0.120 e. The van der Waals surface area contributed by atoms with Crippen molar-refractivity contribution in [3.05, 3.63) is 29.8 Å². The minimum atomic E-state index is 0.0320. The van der Waals surface area contributed by atoms with Gasteiger partial charge in [0, 0.05) is 11.3 Å². The molecule has 2 rings (SSSR count). The molecule has 0 fully saturated rings. The number of nitrogens with one attached hydrogen (secondary N) is 1. The molecule has 0 saturated heterocycles. The number of ether oxygens (including phenoxy) is 1. The maximum absolute atomic E-state index is 5.52. The molecule has 2 nitrogen and oxygen atoms in total. The van der Waals surface area contributed by atoms with Gasteiger partial charge in [-0.05, 0) is 51.5 Å². The number of anilines is 1. The van der Waals surface area contributed by atoms with Gasteiger partial charge in [0.25, 0.3) is 0 Å². The van der Waals surface area contributed by atoms with E-state index in [-0.39, 0.29) is 5.54 Å².